The van der Waals surface area contributed by atoms with Gasteiger partial charge in [0.25, 0.3) is 0 Å². The molecule has 5 saturated carbocycles. The molecule has 1 aromatic carbocycles. The number of fused-ring (bicyclic) bond motifs is 7. The Morgan fingerprint density at radius 3 is 2.22 bits per heavy atom. The number of carbonyl (C=O) groups is 2. The summed E-state index contributed by atoms with van der Waals surface area (Å²) in [5, 5.41) is 15.2. The maximum absolute atomic E-state index is 13.2. The number of esters is 1. The van der Waals surface area contributed by atoms with Crippen molar-refractivity contribution in [1.29, 1.82) is 0 Å². The highest BCUT2D eigenvalue weighted by Crippen LogP contribution is 2.81. The second-order valence-electron chi connectivity index (χ2n) is 20.7. The number of thioether (sulfide) groups is 1. The zero-order valence-corrected chi connectivity index (χ0v) is 37.2. The van der Waals surface area contributed by atoms with Crippen LogP contribution in [-0.4, -0.2) is 47.9 Å². The first-order chi connectivity index (χ1) is 25.1. The van der Waals surface area contributed by atoms with Crippen molar-refractivity contribution in [1.82, 2.24) is 5.32 Å². The maximum Gasteiger partial charge on any atom is 0.309 e. The van der Waals surface area contributed by atoms with Crippen LogP contribution in [0.2, 0.25) is 0 Å². The SMILES string of the molecule is C=C(C)[C@@H]1CCC2(C(NCCOc3ccc(P)cc3)SC)CC[C@@]3(C)[C@]4(C)CCC5C(C)(C)C(OC(=O)CC(C)(C)C(=O)O)CCC5(C)C4CC[C@]3(C)C12. The van der Waals surface area contributed by atoms with Gasteiger partial charge in [-0.25, -0.2) is 0 Å². The Balaban J connectivity index is 1.24. The van der Waals surface area contributed by atoms with Gasteiger partial charge >= 0.3 is 11.9 Å². The fourth-order valence-electron chi connectivity index (χ4n) is 14.5. The lowest BCUT2D eigenvalue weighted by molar-refractivity contribution is -0.278. The molecule has 5 fully saturated rings. The predicted octanol–water partition coefficient (Wildman–Crippen LogP) is 10.3. The molecule has 2 N–H and O–H groups in total. The van der Waals surface area contributed by atoms with Crippen LogP contribution in [-0.2, 0) is 14.3 Å². The van der Waals surface area contributed by atoms with Crippen molar-refractivity contribution in [3.8, 4) is 5.75 Å². The van der Waals surface area contributed by atoms with Crippen molar-refractivity contribution in [2.45, 2.75) is 144 Å². The van der Waals surface area contributed by atoms with E-state index < -0.39 is 11.4 Å². The van der Waals surface area contributed by atoms with Crippen molar-refractivity contribution in [3.63, 3.8) is 0 Å². The summed E-state index contributed by atoms with van der Waals surface area (Å²) >= 11 is 2.02. The highest BCUT2D eigenvalue weighted by molar-refractivity contribution is 7.99. The first-order valence-corrected chi connectivity index (χ1v) is 22.8. The molecule has 12 atom stereocenters. The number of hydrogen-bond acceptors (Lipinski definition) is 6. The van der Waals surface area contributed by atoms with Crippen LogP contribution in [0.1, 0.15) is 133 Å². The zero-order valence-electron chi connectivity index (χ0n) is 35.2. The van der Waals surface area contributed by atoms with Gasteiger partial charge in [-0.2, -0.15) is 0 Å². The van der Waals surface area contributed by atoms with Crippen molar-refractivity contribution in [3.05, 3.63) is 36.4 Å². The minimum atomic E-state index is -1.14. The van der Waals surface area contributed by atoms with E-state index in [0.717, 1.165) is 31.6 Å². The Morgan fingerprint density at radius 1 is 0.944 bits per heavy atom. The van der Waals surface area contributed by atoms with E-state index in [2.05, 4.69) is 100 Å². The molecular weight excluding hydrogens is 710 g/mol. The molecule has 302 valence electrons. The standard InChI is InChI=1S/C46H72NO5PS/c1-29(2)32-16-23-46(38(54-11)47-26-27-51-30-12-14-31(53)15-13-30)25-24-45(10)43(8)21-17-33-41(5,6)35(52-36(48)28-40(3,4)39(49)50)19-20-42(33,7)34(43)18-22-44(45,9)37(32)46/h12-15,32-35,37-38,47H,1,16-28,53H2,2-11H3,(H,49,50)/t32-,33?,34?,35?,37?,38?,42?,43+,44+,45-,46?/m0/s1. The highest BCUT2D eigenvalue weighted by atomic mass is 32.2. The molecule has 8 unspecified atom stereocenters. The average Bonchev–Trinajstić information content (AvgIpc) is 3.50. The number of rotatable bonds is 12. The van der Waals surface area contributed by atoms with Crippen LogP contribution in [0.5, 0.6) is 5.75 Å². The molecular formula is C46H72NO5PS. The second-order valence-corrected chi connectivity index (χ2v) is 22.4. The lowest BCUT2D eigenvalue weighted by Crippen LogP contribution is -2.70. The molecule has 54 heavy (non-hydrogen) atoms. The average molecular weight is 782 g/mol. The first kappa shape index (κ1) is 42.1. The summed E-state index contributed by atoms with van der Waals surface area (Å²) in [7, 11) is 2.74. The van der Waals surface area contributed by atoms with E-state index in [1.54, 1.807) is 13.8 Å². The van der Waals surface area contributed by atoms with Crippen molar-refractivity contribution < 1.29 is 24.2 Å². The predicted molar refractivity (Wildman–Crippen MR) is 226 cm³/mol. The van der Waals surface area contributed by atoms with Gasteiger partial charge in [0.05, 0.1) is 17.2 Å². The molecule has 5 aliphatic carbocycles. The molecule has 0 amide bonds. The van der Waals surface area contributed by atoms with E-state index in [4.69, 9.17) is 9.47 Å². The van der Waals surface area contributed by atoms with Crippen LogP contribution >= 0.6 is 21.0 Å². The van der Waals surface area contributed by atoms with Gasteiger partial charge < -0.3 is 19.9 Å². The third-order valence-corrected chi connectivity index (χ3v) is 19.1. The molecule has 6 rings (SSSR count). The Kier molecular flexibility index (Phi) is 11.4. The summed E-state index contributed by atoms with van der Waals surface area (Å²) in [6.45, 7) is 27.1. The molecule has 0 radical (unpaired) electrons. The Morgan fingerprint density at radius 2 is 1.59 bits per heavy atom. The van der Waals surface area contributed by atoms with E-state index in [-0.39, 0.29) is 51.0 Å². The molecule has 6 nitrogen and oxygen atoms in total. The number of ether oxygens (including phenoxy) is 2. The third kappa shape index (κ3) is 6.53. The molecule has 1 aromatic rings. The summed E-state index contributed by atoms with van der Waals surface area (Å²) in [5.41, 5.74) is 0.994. The Labute approximate surface area is 334 Å². The lowest BCUT2D eigenvalue weighted by Gasteiger charge is -2.76. The third-order valence-electron chi connectivity index (χ3n) is 17.6. The summed E-state index contributed by atoms with van der Waals surface area (Å²) in [6, 6.07) is 8.27. The quantitative estimate of drug-likeness (QED) is 0.0718. The molecule has 0 heterocycles. The van der Waals surface area contributed by atoms with Gasteiger partial charge in [0.2, 0.25) is 0 Å². The van der Waals surface area contributed by atoms with E-state index in [1.807, 2.05) is 11.8 Å². The zero-order chi connectivity index (χ0) is 39.7. The van der Waals surface area contributed by atoms with Crippen LogP contribution in [0.25, 0.3) is 0 Å². The summed E-state index contributed by atoms with van der Waals surface area (Å²) in [5.74, 6) is 1.74. The van der Waals surface area contributed by atoms with Gasteiger partial charge in [-0.1, -0.05) is 65.8 Å². The minimum absolute atomic E-state index is 0.101. The van der Waals surface area contributed by atoms with Gasteiger partial charge in [0.1, 0.15) is 18.5 Å². The lowest BCUT2D eigenvalue weighted by atomic mass is 9.29. The number of benzene rings is 1. The van der Waals surface area contributed by atoms with E-state index in [0.29, 0.717) is 35.7 Å². The number of aliphatic carboxylic acids is 1. The molecule has 5 aliphatic rings. The number of allylic oxidation sites excluding steroid dienone is 1. The Hall–Kier alpha value is -1.56. The molecule has 8 heteroatoms. The van der Waals surface area contributed by atoms with Crippen molar-refractivity contribution in [2.75, 3.05) is 19.4 Å². The number of carbonyl (C=O) groups excluding carboxylic acids is 1. The summed E-state index contributed by atoms with van der Waals surface area (Å²) in [4.78, 5) is 25.0. The molecule has 0 aliphatic heterocycles. The van der Waals surface area contributed by atoms with Gasteiger partial charge in [0.15, 0.2) is 0 Å². The van der Waals surface area contributed by atoms with Crippen LogP contribution in [0.4, 0.5) is 0 Å². The second kappa shape index (κ2) is 14.7. The topological polar surface area (TPSA) is 84.9 Å². The smallest absolute Gasteiger partial charge is 0.309 e. The normalized spacial score (nSPS) is 40.3. The molecule has 0 bridgehead atoms. The first-order valence-electron chi connectivity index (χ1n) is 21.0. The number of carboxylic acids is 1. The maximum atomic E-state index is 13.2. The molecule has 0 spiro atoms. The Bertz CT molecular complexity index is 1600. The van der Waals surface area contributed by atoms with Gasteiger partial charge in [-0.05, 0) is 159 Å². The fourth-order valence-corrected chi connectivity index (χ4v) is 15.8. The minimum Gasteiger partial charge on any atom is -0.492 e. The van der Waals surface area contributed by atoms with Crippen LogP contribution in [0, 0.1) is 61.6 Å². The van der Waals surface area contributed by atoms with Crippen LogP contribution in [0.3, 0.4) is 0 Å². The summed E-state index contributed by atoms with van der Waals surface area (Å²) in [6.07, 6.45) is 13.8. The van der Waals surface area contributed by atoms with E-state index in [9.17, 15) is 14.7 Å². The van der Waals surface area contributed by atoms with Crippen molar-refractivity contribution >= 4 is 38.2 Å². The van der Waals surface area contributed by atoms with E-state index in [1.165, 1.54) is 55.8 Å². The monoisotopic (exact) mass is 781 g/mol. The van der Waals surface area contributed by atoms with Gasteiger partial charge in [0, 0.05) is 12.0 Å². The van der Waals surface area contributed by atoms with Crippen LogP contribution < -0.4 is 15.4 Å². The highest BCUT2D eigenvalue weighted by Gasteiger charge is 2.75. The number of nitrogens with one attached hydrogen (secondary N) is 1. The van der Waals surface area contributed by atoms with Gasteiger partial charge in [-0.15, -0.1) is 21.0 Å². The van der Waals surface area contributed by atoms with Crippen molar-refractivity contribution in [2.24, 2.45) is 61.6 Å². The summed E-state index contributed by atoms with van der Waals surface area (Å²) < 4.78 is 12.4. The molecule has 0 saturated heterocycles. The van der Waals surface area contributed by atoms with Crippen LogP contribution in [0.15, 0.2) is 36.4 Å². The number of hydrogen-bond donors (Lipinski definition) is 2. The largest absolute Gasteiger partial charge is 0.492 e. The number of carboxylic acid groups (broad SMARTS) is 1. The van der Waals surface area contributed by atoms with E-state index >= 15 is 0 Å². The fraction of sp³-hybridized carbons (Fsp3) is 0.783. The van der Waals surface area contributed by atoms with Gasteiger partial charge in [-0.3, -0.25) is 9.59 Å². The molecule has 0 aromatic heterocycles.